The van der Waals surface area contributed by atoms with Gasteiger partial charge in [-0.15, -0.1) is 0 Å². The lowest BCUT2D eigenvalue weighted by Gasteiger charge is -2.32. The molecule has 1 saturated heterocycles. The van der Waals surface area contributed by atoms with Gasteiger partial charge in [0.15, 0.2) is 5.82 Å². The lowest BCUT2D eigenvalue weighted by molar-refractivity contribution is 0.583. The van der Waals surface area contributed by atoms with Crippen LogP contribution in [0, 0.1) is 0 Å². The number of nitrogens with one attached hydrogen (secondary N) is 2. The van der Waals surface area contributed by atoms with Crippen LogP contribution in [-0.4, -0.2) is 36.7 Å². The van der Waals surface area contributed by atoms with Gasteiger partial charge in [-0.05, 0) is 32.9 Å². The Hall–Kier alpha value is -1.29. The van der Waals surface area contributed by atoms with E-state index >= 15 is 0 Å². The molecular formula is C13H22N4. The molecule has 0 radical (unpaired) electrons. The van der Waals surface area contributed by atoms with Gasteiger partial charge in [-0.2, -0.15) is 0 Å². The summed E-state index contributed by atoms with van der Waals surface area (Å²) in [6.45, 7) is 10.6. The van der Waals surface area contributed by atoms with E-state index in [1.165, 1.54) is 0 Å². The Morgan fingerprint density at radius 2 is 2.00 bits per heavy atom. The minimum atomic E-state index is 0.0613. The largest absolute Gasteiger partial charge is 0.377 e. The molecule has 0 amide bonds. The van der Waals surface area contributed by atoms with Crippen molar-refractivity contribution in [2.45, 2.75) is 26.3 Å². The van der Waals surface area contributed by atoms with Gasteiger partial charge in [-0.25, -0.2) is 4.98 Å². The normalized spacial score (nSPS) is 17.0. The van der Waals surface area contributed by atoms with Crippen LogP contribution < -0.4 is 15.5 Å². The molecule has 2 N–H and O–H groups in total. The lowest BCUT2D eigenvalue weighted by atomic mass is 10.1. The zero-order valence-electron chi connectivity index (χ0n) is 11.0. The third kappa shape index (κ3) is 3.33. The fourth-order valence-electron chi connectivity index (χ4n) is 2.03. The van der Waals surface area contributed by atoms with E-state index in [1.807, 2.05) is 12.3 Å². The minimum absolute atomic E-state index is 0.0613. The maximum Gasteiger partial charge on any atom is 0.152 e. The number of pyridine rings is 1. The average Bonchev–Trinajstić information content (AvgIpc) is 2.29. The fourth-order valence-corrected chi connectivity index (χ4v) is 2.03. The molecule has 2 rings (SSSR count). The summed E-state index contributed by atoms with van der Waals surface area (Å²) >= 11 is 0. The van der Waals surface area contributed by atoms with Crippen molar-refractivity contribution in [1.29, 1.82) is 0 Å². The van der Waals surface area contributed by atoms with Crippen LogP contribution in [0.2, 0.25) is 0 Å². The van der Waals surface area contributed by atoms with Crippen LogP contribution in [0.4, 0.5) is 11.5 Å². The molecule has 1 fully saturated rings. The van der Waals surface area contributed by atoms with Gasteiger partial charge in [0.1, 0.15) is 0 Å². The maximum absolute atomic E-state index is 4.52. The standard InChI is InChI=1S/C13H22N4/c1-13(2,3)16-11-5-4-6-15-12(11)17-9-7-14-8-10-17/h4-6,14,16H,7-10H2,1-3H3. The van der Waals surface area contributed by atoms with Crippen molar-refractivity contribution in [3.8, 4) is 0 Å². The molecule has 94 valence electrons. The maximum atomic E-state index is 4.52. The van der Waals surface area contributed by atoms with E-state index in [0.717, 1.165) is 37.7 Å². The molecule has 4 nitrogen and oxygen atoms in total. The van der Waals surface area contributed by atoms with Crippen molar-refractivity contribution in [3.05, 3.63) is 18.3 Å². The molecule has 1 aliphatic rings. The predicted octanol–water partition coefficient (Wildman–Crippen LogP) is 1.70. The number of anilines is 2. The highest BCUT2D eigenvalue weighted by molar-refractivity contribution is 5.66. The monoisotopic (exact) mass is 234 g/mol. The van der Waals surface area contributed by atoms with Crippen LogP contribution in [0.25, 0.3) is 0 Å². The van der Waals surface area contributed by atoms with Crippen molar-refractivity contribution in [3.63, 3.8) is 0 Å². The summed E-state index contributed by atoms with van der Waals surface area (Å²) in [5.41, 5.74) is 1.19. The molecule has 0 unspecified atom stereocenters. The summed E-state index contributed by atoms with van der Waals surface area (Å²) in [4.78, 5) is 6.86. The number of nitrogens with zero attached hydrogens (tertiary/aromatic N) is 2. The molecular weight excluding hydrogens is 212 g/mol. The first-order chi connectivity index (χ1) is 8.06. The number of piperazine rings is 1. The first-order valence-corrected chi connectivity index (χ1v) is 6.25. The predicted molar refractivity (Wildman–Crippen MR) is 72.7 cm³/mol. The summed E-state index contributed by atoms with van der Waals surface area (Å²) in [7, 11) is 0. The molecule has 0 aromatic carbocycles. The number of aromatic nitrogens is 1. The molecule has 0 atom stereocenters. The van der Waals surface area contributed by atoms with Crippen molar-refractivity contribution < 1.29 is 0 Å². The third-order valence-corrected chi connectivity index (χ3v) is 2.71. The van der Waals surface area contributed by atoms with E-state index in [2.05, 4.69) is 47.4 Å². The lowest BCUT2D eigenvalue weighted by Crippen LogP contribution is -2.44. The SMILES string of the molecule is CC(C)(C)Nc1cccnc1N1CCNCC1. The van der Waals surface area contributed by atoms with E-state index in [1.54, 1.807) is 0 Å². The van der Waals surface area contributed by atoms with Crippen LogP contribution in [0.3, 0.4) is 0 Å². The van der Waals surface area contributed by atoms with Crippen LogP contribution in [0.15, 0.2) is 18.3 Å². The Kier molecular flexibility index (Phi) is 3.52. The summed E-state index contributed by atoms with van der Waals surface area (Å²) in [6.07, 6.45) is 1.87. The Morgan fingerprint density at radius 1 is 1.29 bits per heavy atom. The summed E-state index contributed by atoms with van der Waals surface area (Å²) in [5.74, 6) is 1.07. The van der Waals surface area contributed by atoms with Gasteiger partial charge < -0.3 is 15.5 Å². The van der Waals surface area contributed by atoms with Gasteiger partial charge in [0.25, 0.3) is 0 Å². The Bertz CT molecular complexity index is 364. The molecule has 0 spiro atoms. The van der Waals surface area contributed by atoms with Gasteiger partial charge in [-0.1, -0.05) is 0 Å². The van der Waals surface area contributed by atoms with Crippen LogP contribution >= 0.6 is 0 Å². The van der Waals surface area contributed by atoms with Crippen LogP contribution in [0.1, 0.15) is 20.8 Å². The van der Waals surface area contributed by atoms with Gasteiger partial charge >= 0.3 is 0 Å². The van der Waals surface area contributed by atoms with E-state index in [0.29, 0.717) is 0 Å². The van der Waals surface area contributed by atoms with Crippen molar-refractivity contribution >= 4 is 11.5 Å². The van der Waals surface area contributed by atoms with E-state index < -0.39 is 0 Å². The van der Waals surface area contributed by atoms with Crippen molar-refractivity contribution in [2.24, 2.45) is 0 Å². The van der Waals surface area contributed by atoms with E-state index in [9.17, 15) is 0 Å². The summed E-state index contributed by atoms with van der Waals surface area (Å²) in [5, 5.41) is 6.88. The molecule has 0 saturated carbocycles. The second kappa shape index (κ2) is 4.92. The quantitative estimate of drug-likeness (QED) is 0.817. The van der Waals surface area contributed by atoms with E-state index in [-0.39, 0.29) is 5.54 Å². The molecule has 1 aliphatic heterocycles. The number of hydrogen-bond donors (Lipinski definition) is 2. The number of rotatable bonds is 2. The highest BCUT2D eigenvalue weighted by atomic mass is 15.2. The minimum Gasteiger partial charge on any atom is -0.377 e. The Morgan fingerprint density at radius 3 is 2.65 bits per heavy atom. The molecule has 1 aromatic heterocycles. The summed E-state index contributed by atoms with van der Waals surface area (Å²) < 4.78 is 0. The van der Waals surface area contributed by atoms with Gasteiger partial charge in [-0.3, -0.25) is 0 Å². The molecule has 1 aromatic rings. The first kappa shape index (κ1) is 12.2. The van der Waals surface area contributed by atoms with Crippen LogP contribution in [-0.2, 0) is 0 Å². The smallest absolute Gasteiger partial charge is 0.152 e. The van der Waals surface area contributed by atoms with Crippen molar-refractivity contribution in [2.75, 3.05) is 36.4 Å². The van der Waals surface area contributed by atoms with Gasteiger partial charge in [0.2, 0.25) is 0 Å². The highest BCUT2D eigenvalue weighted by Gasteiger charge is 2.18. The second-order valence-corrected chi connectivity index (χ2v) is 5.49. The number of hydrogen-bond acceptors (Lipinski definition) is 4. The fraction of sp³-hybridized carbons (Fsp3) is 0.615. The van der Waals surface area contributed by atoms with Crippen molar-refractivity contribution in [1.82, 2.24) is 10.3 Å². The Balaban J connectivity index is 2.20. The molecule has 4 heteroatoms. The van der Waals surface area contributed by atoms with E-state index in [4.69, 9.17) is 0 Å². The Labute approximate surface area is 103 Å². The highest BCUT2D eigenvalue weighted by Crippen LogP contribution is 2.25. The first-order valence-electron chi connectivity index (χ1n) is 6.25. The molecule has 0 bridgehead atoms. The third-order valence-electron chi connectivity index (χ3n) is 2.71. The van der Waals surface area contributed by atoms with Crippen LogP contribution in [0.5, 0.6) is 0 Å². The molecule has 2 heterocycles. The zero-order valence-corrected chi connectivity index (χ0v) is 11.0. The van der Waals surface area contributed by atoms with Gasteiger partial charge in [0.05, 0.1) is 5.69 Å². The summed E-state index contributed by atoms with van der Waals surface area (Å²) in [6, 6.07) is 4.09. The van der Waals surface area contributed by atoms with Gasteiger partial charge in [0, 0.05) is 37.9 Å². The average molecular weight is 234 g/mol. The second-order valence-electron chi connectivity index (χ2n) is 5.49. The zero-order chi connectivity index (χ0) is 12.3. The molecule has 17 heavy (non-hydrogen) atoms. The topological polar surface area (TPSA) is 40.2 Å². The molecule has 0 aliphatic carbocycles.